The first-order valence-corrected chi connectivity index (χ1v) is 15.4. The summed E-state index contributed by atoms with van der Waals surface area (Å²) in [6.07, 6.45) is -9.58. The third kappa shape index (κ3) is 5.63. The molecular weight excluding hydrogens is 690 g/mol. The number of halogens is 6. The van der Waals surface area contributed by atoms with E-state index >= 15 is 0 Å². The van der Waals surface area contributed by atoms with Gasteiger partial charge in [0.1, 0.15) is 11.4 Å². The number of alkyl halides is 6. The first kappa shape index (κ1) is 33.8. The van der Waals surface area contributed by atoms with E-state index in [-0.39, 0.29) is 33.9 Å². The lowest BCUT2D eigenvalue weighted by Crippen LogP contribution is -2.30. The molecule has 6 aromatic rings. The summed E-state index contributed by atoms with van der Waals surface area (Å²) in [5.74, 6) is -3.52. The fourth-order valence-corrected chi connectivity index (χ4v) is 6.18. The molecule has 0 atom stereocenters. The zero-order valence-electron chi connectivity index (χ0n) is 26.3. The second-order valence-corrected chi connectivity index (χ2v) is 11.5. The van der Waals surface area contributed by atoms with Crippen LogP contribution in [0.15, 0.2) is 121 Å². The van der Waals surface area contributed by atoms with Gasteiger partial charge in [-0.25, -0.2) is 9.80 Å². The molecule has 8 nitrogen and oxygen atoms in total. The van der Waals surface area contributed by atoms with Crippen LogP contribution in [0.25, 0.3) is 22.5 Å². The molecule has 0 unspecified atom stereocenters. The van der Waals surface area contributed by atoms with Gasteiger partial charge in [-0.1, -0.05) is 97.1 Å². The number of H-pyrrole nitrogens is 2. The lowest BCUT2D eigenvalue weighted by molar-refractivity contribution is -0.141. The molecule has 0 spiro atoms. The molecular formula is C38H22F6N4O4. The summed E-state index contributed by atoms with van der Waals surface area (Å²) < 4.78 is 80.9. The summed E-state index contributed by atoms with van der Waals surface area (Å²) in [5.41, 5.74) is -2.95. The van der Waals surface area contributed by atoms with E-state index in [0.717, 1.165) is 9.80 Å². The lowest BCUT2D eigenvalue weighted by Gasteiger charge is -2.15. The second-order valence-electron chi connectivity index (χ2n) is 11.5. The number of amides is 4. The number of imide groups is 2. The molecule has 2 aromatic heterocycles. The van der Waals surface area contributed by atoms with Crippen LogP contribution in [-0.4, -0.2) is 33.6 Å². The number of nitrogens with one attached hydrogen (secondary N) is 2. The van der Waals surface area contributed by atoms with Crippen molar-refractivity contribution in [3.05, 3.63) is 155 Å². The number of hydrogen-bond donors (Lipinski definition) is 2. The molecule has 0 saturated heterocycles. The SMILES string of the molecule is O=C1c2c(-c3ccccc3)[nH]c(C(F)(F)F)c2C(=O)N1c1ccccc1.O=C1c2c(-c3ccccc3)[nH]c(C(F)(F)F)c2C(=O)N1c1ccccc1. The molecule has 0 radical (unpaired) electrons. The zero-order valence-corrected chi connectivity index (χ0v) is 26.3. The summed E-state index contributed by atoms with van der Waals surface area (Å²) in [5, 5.41) is 0. The molecule has 4 amide bonds. The Morgan fingerprint density at radius 2 is 0.654 bits per heavy atom. The monoisotopic (exact) mass is 712 g/mol. The van der Waals surface area contributed by atoms with Crippen LogP contribution in [-0.2, 0) is 12.4 Å². The highest BCUT2D eigenvalue weighted by Gasteiger charge is 2.50. The van der Waals surface area contributed by atoms with Gasteiger partial charge in [-0.05, 0) is 35.4 Å². The number of nitrogens with zero attached hydrogens (tertiary/aromatic N) is 2. The Morgan fingerprint density at radius 1 is 0.385 bits per heavy atom. The first-order valence-electron chi connectivity index (χ1n) is 15.4. The highest BCUT2D eigenvalue weighted by molar-refractivity contribution is 6.37. The van der Waals surface area contributed by atoms with E-state index < -0.39 is 58.5 Å². The molecule has 4 aromatic carbocycles. The van der Waals surface area contributed by atoms with Crippen LogP contribution in [0.3, 0.4) is 0 Å². The number of para-hydroxylation sites is 2. The van der Waals surface area contributed by atoms with E-state index in [1.165, 1.54) is 24.3 Å². The van der Waals surface area contributed by atoms with Crippen LogP contribution in [0.5, 0.6) is 0 Å². The van der Waals surface area contributed by atoms with E-state index in [9.17, 15) is 45.5 Å². The number of carbonyl (C=O) groups excluding carboxylic acids is 4. The third-order valence-corrected chi connectivity index (χ3v) is 8.39. The van der Waals surface area contributed by atoms with Gasteiger partial charge in [0, 0.05) is 0 Å². The Hall–Kier alpha value is -6.70. The van der Waals surface area contributed by atoms with E-state index in [4.69, 9.17) is 0 Å². The minimum atomic E-state index is -4.79. The average Bonchev–Trinajstić information content (AvgIpc) is 3.86. The first-order chi connectivity index (χ1) is 24.8. The van der Waals surface area contributed by atoms with Crippen LogP contribution >= 0.6 is 0 Å². The Bertz CT molecular complexity index is 2180. The quantitative estimate of drug-likeness (QED) is 0.141. The number of aromatic amines is 2. The summed E-state index contributed by atoms with van der Waals surface area (Å²) >= 11 is 0. The molecule has 4 heterocycles. The van der Waals surface area contributed by atoms with Gasteiger partial charge in [-0.15, -0.1) is 0 Å². The number of aromatic nitrogens is 2. The van der Waals surface area contributed by atoms with Gasteiger partial charge in [0.05, 0.1) is 45.0 Å². The van der Waals surface area contributed by atoms with Gasteiger partial charge in [0.25, 0.3) is 23.6 Å². The fourth-order valence-electron chi connectivity index (χ4n) is 6.18. The summed E-state index contributed by atoms with van der Waals surface area (Å²) in [4.78, 5) is 57.2. The highest BCUT2D eigenvalue weighted by Crippen LogP contribution is 2.44. The van der Waals surface area contributed by atoms with Crippen molar-refractivity contribution in [2.45, 2.75) is 12.4 Å². The van der Waals surface area contributed by atoms with Gasteiger partial charge in [0.15, 0.2) is 0 Å². The van der Waals surface area contributed by atoms with Crippen LogP contribution < -0.4 is 9.80 Å². The van der Waals surface area contributed by atoms with E-state index in [1.54, 1.807) is 97.1 Å². The Morgan fingerprint density at radius 3 is 0.942 bits per heavy atom. The van der Waals surface area contributed by atoms with Crippen molar-refractivity contribution in [2.75, 3.05) is 9.80 Å². The maximum absolute atomic E-state index is 13.5. The number of benzene rings is 4. The van der Waals surface area contributed by atoms with Crippen LogP contribution in [0.4, 0.5) is 37.7 Å². The van der Waals surface area contributed by atoms with Crippen molar-refractivity contribution >= 4 is 35.0 Å². The van der Waals surface area contributed by atoms with Gasteiger partial charge in [0.2, 0.25) is 0 Å². The van der Waals surface area contributed by atoms with Crippen molar-refractivity contribution in [3.8, 4) is 22.5 Å². The third-order valence-electron chi connectivity index (χ3n) is 8.39. The van der Waals surface area contributed by atoms with Crippen molar-refractivity contribution in [2.24, 2.45) is 0 Å². The van der Waals surface area contributed by atoms with Gasteiger partial charge >= 0.3 is 12.4 Å². The number of rotatable bonds is 4. The number of fused-ring (bicyclic) bond motifs is 2. The summed E-state index contributed by atoms with van der Waals surface area (Å²) in [6, 6.07) is 32.1. The van der Waals surface area contributed by atoms with Crippen molar-refractivity contribution < 1.29 is 45.5 Å². The molecule has 2 aliphatic heterocycles. The number of anilines is 2. The predicted molar refractivity (Wildman–Crippen MR) is 178 cm³/mol. The maximum atomic E-state index is 13.5. The average molecular weight is 713 g/mol. The van der Waals surface area contributed by atoms with Gasteiger partial charge in [-0.2, -0.15) is 26.3 Å². The molecule has 52 heavy (non-hydrogen) atoms. The summed E-state index contributed by atoms with van der Waals surface area (Å²) in [7, 11) is 0. The van der Waals surface area contributed by atoms with Crippen molar-refractivity contribution in [3.63, 3.8) is 0 Å². The van der Waals surface area contributed by atoms with Crippen LogP contribution in [0.2, 0.25) is 0 Å². The number of carbonyl (C=O) groups is 4. The fraction of sp³-hybridized carbons (Fsp3) is 0.0526. The maximum Gasteiger partial charge on any atom is 0.432 e. The van der Waals surface area contributed by atoms with Crippen molar-refractivity contribution in [1.29, 1.82) is 0 Å². The Balaban J connectivity index is 0.000000162. The lowest BCUT2D eigenvalue weighted by atomic mass is 10.1. The molecule has 8 rings (SSSR count). The molecule has 0 bridgehead atoms. The van der Waals surface area contributed by atoms with Crippen LogP contribution in [0, 0.1) is 0 Å². The standard InChI is InChI=1S/2C19H11F3N2O2/c2*20-19(21,22)16-14-13(15(23-16)11-7-3-1-4-8-11)17(25)24(18(14)26)12-9-5-2-6-10-12/h2*1-10,23H. The van der Waals surface area contributed by atoms with Gasteiger partial charge < -0.3 is 9.97 Å². The molecule has 260 valence electrons. The largest absolute Gasteiger partial charge is 0.432 e. The Labute approximate surface area is 289 Å². The normalized spacial score (nSPS) is 14.0. The molecule has 2 N–H and O–H groups in total. The molecule has 14 heteroatoms. The van der Waals surface area contributed by atoms with E-state index in [1.807, 2.05) is 0 Å². The zero-order chi connectivity index (χ0) is 36.9. The predicted octanol–water partition coefficient (Wildman–Crippen LogP) is 9.00. The van der Waals surface area contributed by atoms with Crippen molar-refractivity contribution in [1.82, 2.24) is 9.97 Å². The smallest absolute Gasteiger partial charge is 0.350 e. The topological polar surface area (TPSA) is 106 Å². The Kier molecular flexibility index (Phi) is 8.16. The van der Waals surface area contributed by atoms with E-state index in [0.29, 0.717) is 11.1 Å². The van der Waals surface area contributed by atoms with E-state index in [2.05, 4.69) is 9.97 Å². The van der Waals surface area contributed by atoms with Gasteiger partial charge in [-0.3, -0.25) is 19.2 Å². The molecule has 0 fully saturated rings. The number of hydrogen-bond acceptors (Lipinski definition) is 4. The second kappa shape index (κ2) is 12.6. The minimum Gasteiger partial charge on any atom is -0.350 e. The minimum absolute atomic E-state index is 0.00953. The molecule has 2 aliphatic rings. The summed E-state index contributed by atoms with van der Waals surface area (Å²) in [6.45, 7) is 0. The highest BCUT2D eigenvalue weighted by atomic mass is 19.4. The van der Waals surface area contributed by atoms with Crippen LogP contribution in [0.1, 0.15) is 52.8 Å². The molecule has 0 saturated carbocycles. The molecule has 0 aliphatic carbocycles.